The topological polar surface area (TPSA) is 27.8 Å². The van der Waals surface area contributed by atoms with Crippen LogP contribution in [0, 0.1) is 13.8 Å². The molecule has 2 aromatic carbocycles. The Morgan fingerprint density at radius 3 is 2.42 bits per heavy atom. The van der Waals surface area contributed by atoms with E-state index in [0.717, 1.165) is 69.1 Å². The smallest absolute Gasteiger partial charge is 0.0457 e. The molecule has 2 nitrogen and oxygen atoms in total. The number of allylic oxidation sites excluding steroid dienone is 10. The van der Waals surface area contributed by atoms with Gasteiger partial charge in [0.1, 0.15) is 0 Å². The number of thiol groups is 2. The van der Waals surface area contributed by atoms with Crippen LogP contribution in [0.2, 0.25) is 0 Å². The Labute approximate surface area is 320 Å². The van der Waals surface area contributed by atoms with Crippen LogP contribution in [0.1, 0.15) is 74.3 Å². The van der Waals surface area contributed by atoms with E-state index in [-0.39, 0.29) is 0 Å². The second kappa shape index (κ2) is 17.3. The maximum absolute atomic E-state index is 5.27. The first kappa shape index (κ1) is 37.1. The lowest BCUT2D eigenvalue weighted by Crippen LogP contribution is -2.31. The van der Waals surface area contributed by atoms with Crippen molar-refractivity contribution < 1.29 is 0 Å². The minimum absolute atomic E-state index is 0.833. The van der Waals surface area contributed by atoms with Gasteiger partial charge in [-0.1, -0.05) is 85.0 Å². The highest BCUT2D eigenvalue weighted by atomic mass is 32.1. The average molecular weight is 719 g/mol. The van der Waals surface area contributed by atoms with Crippen molar-refractivity contribution >= 4 is 70.7 Å². The molecule has 264 valence electrons. The Balaban J connectivity index is 1.70. The third-order valence-electron chi connectivity index (χ3n) is 9.80. The minimum Gasteiger partial charge on any atom is -0.361 e. The van der Waals surface area contributed by atoms with Crippen LogP contribution in [0.5, 0.6) is 0 Å². The standard InChI is InChI=1S/C48H50N2S2/c1-6-14-37-27-38-26-35(31-49-46-23-22-40(51)29-44(46)36-19-9-8-10-20-36)18-12-11-16-32(3)30-50-47-34(5)17-13-21-42(47)45-25-33(4)24-39(48(45)52)28-43(38)41(37)15-7-2/h6-9,11-12,14-16,18-19,21-26,28-31,49-52H,10,13,17,20,27H2,1-5H3/b14-6-,15-7-,16-11?,18-12?,32-30?,35-31+,38-26?,43-28?. The molecule has 3 aliphatic carbocycles. The molecule has 0 radical (unpaired) electrons. The number of fused-ring (bicyclic) bond motifs is 5. The predicted octanol–water partition coefficient (Wildman–Crippen LogP) is 11.2. The molecule has 0 spiro atoms. The van der Waals surface area contributed by atoms with Crippen molar-refractivity contribution in [2.24, 2.45) is 0 Å². The van der Waals surface area contributed by atoms with Gasteiger partial charge in [0.2, 0.25) is 0 Å². The predicted molar refractivity (Wildman–Crippen MR) is 234 cm³/mol. The van der Waals surface area contributed by atoms with Crippen LogP contribution in [0.3, 0.4) is 0 Å². The number of benzene rings is 2. The molecule has 0 amide bonds. The Morgan fingerprint density at radius 2 is 1.63 bits per heavy atom. The summed E-state index contributed by atoms with van der Waals surface area (Å²) in [5.41, 5.74) is 12.3. The second-order valence-electron chi connectivity index (χ2n) is 13.8. The number of hydrogen-bond donors (Lipinski definition) is 4. The van der Waals surface area contributed by atoms with Gasteiger partial charge in [-0.25, -0.2) is 0 Å². The van der Waals surface area contributed by atoms with Crippen molar-refractivity contribution in [1.29, 1.82) is 0 Å². The van der Waals surface area contributed by atoms with E-state index in [1.165, 1.54) is 55.1 Å². The fourth-order valence-corrected chi connectivity index (χ4v) is 7.74. The molecule has 6 rings (SSSR count). The Hall–Kier alpha value is -4.64. The van der Waals surface area contributed by atoms with E-state index in [0.29, 0.717) is 0 Å². The quantitative estimate of drug-likeness (QED) is 0.194. The van der Waals surface area contributed by atoms with E-state index in [1.54, 1.807) is 0 Å². The lowest BCUT2D eigenvalue weighted by atomic mass is 9.96. The first-order valence-corrected chi connectivity index (χ1v) is 19.2. The molecule has 0 saturated heterocycles. The van der Waals surface area contributed by atoms with Crippen LogP contribution in [0.4, 0.5) is 5.69 Å². The summed E-state index contributed by atoms with van der Waals surface area (Å²) in [6, 6.07) is 24.2. The zero-order valence-electron chi connectivity index (χ0n) is 31.1. The summed E-state index contributed by atoms with van der Waals surface area (Å²) >= 11 is 9.96. The number of aromatic nitrogens is 1. The van der Waals surface area contributed by atoms with Gasteiger partial charge >= 0.3 is 0 Å². The number of aryl methyl sites for hydroxylation is 2. The lowest BCUT2D eigenvalue weighted by Gasteiger charge is -2.15. The van der Waals surface area contributed by atoms with E-state index < -0.39 is 0 Å². The molecule has 4 heteroatoms. The van der Waals surface area contributed by atoms with Gasteiger partial charge in [-0.15, -0.1) is 25.3 Å². The summed E-state index contributed by atoms with van der Waals surface area (Å²) in [7, 11) is 0. The Morgan fingerprint density at radius 1 is 0.808 bits per heavy atom. The first-order chi connectivity index (χ1) is 25.2. The van der Waals surface area contributed by atoms with Gasteiger partial charge in [-0.05, 0) is 158 Å². The summed E-state index contributed by atoms with van der Waals surface area (Å²) in [5.74, 6) is 0. The molecule has 0 saturated carbocycles. The highest BCUT2D eigenvalue weighted by Gasteiger charge is 2.18. The van der Waals surface area contributed by atoms with Crippen LogP contribution < -0.4 is 21.1 Å². The van der Waals surface area contributed by atoms with Crippen molar-refractivity contribution in [3.63, 3.8) is 0 Å². The monoisotopic (exact) mass is 718 g/mol. The van der Waals surface area contributed by atoms with E-state index in [4.69, 9.17) is 25.3 Å². The molecular weight excluding hydrogens is 669 g/mol. The van der Waals surface area contributed by atoms with Crippen molar-refractivity contribution in [2.75, 3.05) is 5.32 Å². The molecule has 3 aromatic rings. The molecule has 2 bridgehead atoms. The zero-order chi connectivity index (χ0) is 36.6. The number of rotatable bonds is 5. The third-order valence-corrected chi connectivity index (χ3v) is 10.6. The molecule has 2 N–H and O–H groups in total. The largest absolute Gasteiger partial charge is 0.361 e. The van der Waals surface area contributed by atoms with Crippen molar-refractivity contribution in [3.05, 3.63) is 165 Å². The minimum atomic E-state index is 0.833. The van der Waals surface area contributed by atoms with Crippen LogP contribution >= 0.6 is 25.3 Å². The number of nitrogens with one attached hydrogen (secondary N) is 2. The van der Waals surface area contributed by atoms with E-state index in [2.05, 4.69) is 173 Å². The van der Waals surface area contributed by atoms with Gasteiger partial charge in [0, 0.05) is 44.0 Å². The number of aromatic amines is 1. The summed E-state index contributed by atoms with van der Waals surface area (Å²) < 4.78 is 0. The molecule has 1 aromatic heterocycles. The normalized spacial score (nSPS) is 15.2. The number of hydrogen-bond acceptors (Lipinski definition) is 3. The van der Waals surface area contributed by atoms with Gasteiger partial charge in [-0.3, -0.25) is 0 Å². The third kappa shape index (κ3) is 8.69. The summed E-state index contributed by atoms with van der Waals surface area (Å²) in [6.07, 6.45) is 27.0. The Bertz CT molecular complexity index is 2430. The molecule has 3 aliphatic rings. The highest BCUT2D eigenvalue weighted by Crippen LogP contribution is 2.35. The molecule has 0 fully saturated rings. The summed E-state index contributed by atoms with van der Waals surface area (Å²) in [5, 5.41) is 9.44. The van der Waals surface area contributed by atoms with Crippen LogP contribution in [0.15, 0.2) is 131 Å². The maximum atomic E-state index is 5.27. The van der Waals surface area contributed by atoms with Crippen molar-refractivity contribution in [3.8, 4) is 0 Å². The van der Waals surface area contributed by atoms with Crippen molar-refractivity contribution in [1.82, 2.24) is 4.98 Å². The van der Waals surface area contributed by atoms with Gasteiger partial charge in [0.05, 0.1) is 0 Å². The molecule has 0 aliphatic heterocycles. The maximum Gasteiger partial charge on any atom is 0.0457 e. The fourth-order valence-electron chi connectivity index (χ4n) is 7.23. The molecule has 52 heavy (non-hydrogen) atoms. The van der Waals surface area contributed by atoms with E-state index in [9.17, 15) is 0 Å². The molecular formula is C48H50N2S2. The molecule has 0 unspecified atom stereocenters. The Kier molecular flexibility index (Phi) is 12.3. The number of anilines is 1. The average Bonchev–Trinajstić information content (AvgIpc) is 3.44. The summed E-state index contributed by atoms with van der Waals surface area (Å²) in [6.45, 7) is 10.8. The fraction of sp³-hybridized carbons (Fsp3) is 0.208. The second-order valence-corrected chi connectivity index (χ2v) is 14.8. The van der Waals surface area contributed by atoms with Gasteiger partial charge < -0.3 is 10.3 Å². The molecule has 0 atom stereocenters. The van der Waals surface area contributed by atoms with Crippen LogP contribution in [-0.4, -0.2) is 4.98 Å². The van der Waals surface area contributed by atoms with Gasteiger partial charge in [0.15, 0.2) is 0 Å². The lowest BCUT2D eigenvalue weighted by molar-refractivity contribution is 1.04. The molecule has 1 heterocycles. The van der Waals surface area contributed by atoms with Crippen LogP contribution in [-0.2, 0) is 6.42 Å². The number of H-pyrrole nitrogens is 1. The highest BCUT2D eigenvalue weighted by molar-refractivity contribution is 7.80. The van der Waals surface area contributed by atoms with E-state index in [1.807, 2.05) is 0 Å². The zero-order valence-corrected chi connectivity index (χ0v) is 32.8. The SMILES string of the molecule is C/C=C\C1=C(/C=C\C)c2cc3cc(C)cc(c3S)c3c([nH]cc(C)cccc/c(=C\Nc4ccc(S)cc4C4=CC=CCC4)cc2C1)=C(C)CCC=3. The van der Waals surface area contributed by atoms with Crippen LogP contribution in [0.25, 0.3) is 39.8 Å². The first-order valence-electron chi connectivity index (χ1n) is 18.4. The van der Waals surface area contributed by atoms with Crippen molar-refractivity contribution in [2.45, 2.75) is 76.5 Å². The van der Waals surface area contributed by atoms with Gasteiger partial charge in [-0.2, -0.15) is 0 Å². The summed E-state index contributed by atoms with van der Waals surface area (Å²) in [4.78, 5) is 5.64. The van der Waals surface area contributed by atoms with Gasteiger partial charge in [0.25, 0.3) is 0 Å². The van der Waals surface area contributed by atoms with E-state index >= 15 is 0 Å².